The van der Waals surface area contributed by atoms with E-state index in [4.69, 9.17) is 0 Å². The van der Waals surface area contributed by atoms with Crippen molar-refractivity contribution >= 4 is 49.9 Å². The highest BCUT2D eigenvalue weighted by Gasteiger charge is 2.12. The highest BCUT2D eigenvalue weighted by atomic mass is 79.9. The summed E-state index contributed by atoms with van der Waals surface area (Å²) in [6, 6.07) is 17.8. The quantitative estimate of drug-likeness (QED) is 0.405. The number of nitrogens with one attached hydrogen (secondary N) is 2. The van der Waals surface area contributed by atoms with Crippen molar-refractivity contribution in [1.29, 1.82) is 0 Å². The van der Waals surface area contributed by atoms with E-state index in [-0.39, 0.29) is 23.6 Å². The number of hydrazone groups is 1. The molecule has 7 heteroatoms. The van der Waals surface area contributed by atoms with Crippen LogP contribution in [0.2, 0.25) is 0 Å². The van der Waals surface area contributed by atoms with Gasteiger partial charge in [-0.3, -0.25) is 9.59 Å². The second-order valence-electron chi connectivity index (χ2n) is 6.24. The molecule has 28 heavy (non-hydrogen) atoms. The normalized spacial score (nSPS) is 11.3. The Kier molecular flexibility index (Phi) is 6.06. The number of benzene rings is 3. The van der Waals surface area contributed by atoms with Gasteiger partial charge in [0.05, 0.1) is 12.0 Å². The van der Waals surface area contributed by atoms with E-state index in [9.17, 15) is 14.7 Å². The lowest BCUT2D eigenvalue weighted by molar-refractivity contribution is -0.115. The minimum atomic E-state index is -0.545. The molecule has 0 aliphatic rings. The maximum atomic E-state index is 12.3. The molecule has 0 heterocycles. The fourth-order valence-electron chi connectivity index (χ4n) is 2.63. The van der Waals surface area contributed by atoms with E-state index in [1.165, 1.54) is 6.07 Å². The molecule has 6 nitrogen and oxygen atoms in total. The van der Waals surface area contributed by atoms with Crippen molar-refractivity contribution in [2.45, 2.75) is 13.3 Å². The van der Waals surface area contributed by atoms with Crippen LogP contribution >= 0.6 is 15.9 Å². The smallest absolute Gasteiger partial charge is 0.275 e. The van der Waals surface area contributed by atoms with Gasteiger partial charge in [0.2, 0.25) is 5.91 Å². The summed E-state index contributed by atoms with van der Waals surface area (Å²) in [7, 11) is 0. The number of fused-ring (bicyclic) bond motifs is 1. The molecule has 142 valence electrons. The summed E-state index contributed by atoms with van der Waals surface area (Å²) in [6.45, 7) is 1.64. The van der Waals surface area contributed by atoms with E-state index in [2.05, 4.69) is 31.8 Å². The molecular formula is C21H18BrN3O3. The number of nitrogens with zero attached hydrogens (tertiary/aromatic N) is 1. The third-order valence-electron chi connectivity index (χ3n) is 4.00. The molecule has 0 aliphatic heterocycles. The summed E-state index contributed by atoms with van der Waals surface area (Å²) < 4.78 is 0.919. The monoisotopic (exact) mass is 439 g/mol. The standard InChI is InChI=1S/C21H18BrN3O3/c1-13(10-20(27)23-17-8-6-16(22)7-9-17)24-25-21(28)18-11-14-4-2-3-5-15(14)12-19(18)26/h2-9,11-12,26H,10H2,1H3,(H,23,27)(H,25,28)/b24-13+. The van der Waals surface area contributed by atoms with Crippen molar-refractivity contribution < 1.29 is 14.7 Å². The number of amides is 2. The van der Waals surface area contributed by atoms with Gasteiger partial charge in [-0.1, -0.05) is 40.2 Å². The van der Waals surface area contributed by atoms with E-state index < -0.39 is 5.91 Å². The van der Waals surface area contributed by atoms with Gasteiger partial charge in [-0.05, 0) is 54.1 Å². The molecule has 3 aromatic rings. The summed E-state index contributed by atoms with van der Waals surface area (Å²) in [5.41, 5.74) is 3.61. The predicted octanol–water partition coefficient (Wildman–Crippen LogP) is 4.44. The number of carbonyl (C=O) groups is 2. The van der Waals surface area contributed by atoms with Crippen molar-refractivity contribution in [1.82, 2.24) is 5.43 Å². The van der Waals surface area contributed by atoms with E-state index in [1.807, 2.05) is 36.4 Å². The Bertz CT molecular complexity index is 1060. The summed E-state index contributed by atoms with van der Waals surface area (Å²) >= 11 is 3.33. The maximum absolute atomic E-state index is 12.3. The molecule has 3 N–H and O–H groups in total. The van der Waals surface area contributed by atoms with E-state index in [0.29, 0.717) is 11.4 Å². The van der Waals surface area contributed by atoms with E-state index in [1.54, 1.807) is 25.1 Å². The van der Waals surface area contributed by atoms with Crippen LogP contribution in [0.15, 0.2) is 70.2 Å². The molecule has 3 aromatic carbocycles. The zero-order valence-corrected chi connectivity index (χ0v) is 16.7. The molecule has 2 amide bonds. The first-order chi connectivity index (χ1) is 13.4. The first kappa shape index (κ1) is 19.6. The van der Waals surface area contributed by atoms with Gasteiger partial charge in [-0.15, -0.1) is 0 Å². The highest BCUT2D eigenvalue weighted by Crippen LogP contribution is 2.24. The summed E-state index contributed by atoms with van der Waals surface area (Å²) in [5.74, 6) is -0.917. The topological polar surface area (TPSA) is 90.8 Å². The number of hydrogen-bond donors (Lipinski definition) is 3. The molecule has 0 radical (unpaired) electrons. The number of aromatic hydroxyl groups is 1. The van der Waals surface area contributed by atoms with Gasteiger partial charge in [0.1, 0.15) is 5.75 Å². The zero-order valence-electron chi connectivity index (χ0n) is 15.1. The van der Waals surface area contributed by atoms with Gasteiger partial charge in [-0.2, -0.15) is 5.10 Å². The second kappa shape index (κ2) is 8.67. The van der Waals surface area contributed by atoms with E-state index in [0.717, 1.165) is 15.2 Å². The maximum Gasteiger partial charge on any atom is 0.275 e. The van der Waals surface area contributed by atoms with Gasteiger partial charge in [0.15, 0.2) is 0 Å². The molecule has 0 atom stereocenters. The first-order valence-corrected chi connectivity index (χ1v) is 9.32. The Morgan fingerprint density at radius 2 is 1.68 bits per heavy atom. The number of phenols is 1. The number of hydrogen-bond acceptors (Lipinski definition) is 4. The van der Waals surface area contributed by atoms with Crippen LogP contribution in [0, 0.1) is 0 Å². The van der Waals surface area contributed by atoms with Crippen LogP contribution in [0.25, 0.3) is 10.8 Å². The lowest BCUT2D eigenvalue weighted by atomic mass is 10.1. The van der Waals surface area contributed by atoms with Gasteiger partial charge in [0, 0.05) is 15.9 Å². The third kappa shape index (κ3) is 4.95. The molecule has 0 saturated heterocycles. The molecule has 0 spiro atoms. The van der Waals surface area contributed by atoms with Crippen LogP contribution in [-0.2, 0) is 4.79 Å². The molecule has 0 fully saturated rings. The van der Waals surface area contributed by atoms with Crippen molar-refractivity contribution in [3.05, 3.63) is 70.7 Å². The lowest BCUT2D eigenvalue weighted by Crippen LogP contribution is -2.21. The number of halogens is 1. The average Bonchev–Trinajstić information content (AvgIpc) is 2.67. The molecule has 0 bridgehead atoms. The number of anilines is 1. The summed E-state index contributed by atoms with van der Waals surface area (Å²) in [4.78, 5) is 24.4. The second-order valence-corrected chi connectivity index (χ2v) is 7.15. The SMILES string of the molecule is C/C(CC(=O)Nc1ccc(Br)cc1)=N\NC(=O)c1cc2ccccc2cc1O. The predicted molar refractivity (Wildman–Crippen MR) is 114 cm³/mol. The Morgan fingerprint density at radius 1 is 1.04 bits per heavy atom. The minimum absolute atomic E-state index is 0.0278. The fraction of sp³-hybridized carbons (Fsp3) is 0.0952. The van der Waals surface area contributed by atoms with Crippen LogP contribution in [0.4, 0.5) is 5.69 Å². The zero-order chi connectivity index (χ0) is 20.1. The van der Waals surface area contributed by atoms with Gasteiger partial charge in [-0.25, -0.2) is 5.43 Å². The highest BCUT2D eigenvalue weighted by molar-refractivity contribution is 9.10. The van der Waals surface area contributed by atoms with E-state index >= 15 is 0 Å². The minimum Gasteiger partial charge on any atom is -0.507 e. The third-order valence-corrected chi connectivity index (χ3v) is 4.53. The summed E-state index contributed by atoms with van der Waals surface area (Å²) in [5, 5.41) is 18.5. The largest absolute Gasteiger partial charge is 0.507 e. The molecule has 0 aliphatic carbocycles. The van der Waals surface area contributed by atoms with Crippen LogP contribution in [-0.4, -0.2) is 22.6 Å². The Hall–Kier alpha value is -3.19. The average molecular weight is 440 g/mol. The Labute approximate surface area is 170 Å². The Morgan fingerprint density at radius 3 is 2.36 bits per heavy atom. The number of rotatable bonds is 5. The molecular weight excluding hydrogens is 422 g/mol. The van der Waals surface area contributed by atoms with Crippen LogP contribution in [0.3, 0.4) is 0 Å². The Balaban J connectivity index is 1.62. The van der Waals surface area contributed by atoms with Crippen molar-refractivity contribution in [3.8, 4) is 5.75 Å². The van der Waals surface area contributed by atoms with Gasteiger partial charge in [0.25, 0.3) is 5.91 Å². The van der Waals surface area contributed by atoms with Crippen molar-refractivity contribution in [2.24, 2.45) is 5.10 Å². The van der Waals surface area contributed by atoms with Crippen molar-refractivity contribution in [2.75, 3.05) is 5.32 Å². The van der Waals surface area contributed by atoms with Crippen LogP contribution < -0.4 is 10.7 Å². The molecule has 0 unspecified atom stereocenters. The van der Waals surface area contributed by atoms with Crippen LogP contribution in [0.1, 0.15) is 23.7 Å². The number of phenolic OH excluding ortho intramolecular Hbond substituents is 1. The fourth-order valence-corrected chi connectivity index (χ4v) is 2.89. The molecule has 0 aromatic heterocycles. The molecule has 0 saturated carbocycles. The lowest BCUT2D eigenvalue weighted by Gasteiger charge is -2.07. The van der Waals surface area contributed by atoms with Gasteiger partial charge < -0.3 is 10.4 Å². The van der Waals surface area contributed by atoms with Gasteiger partial charge >= 0.3 is 0 Å². The first-order valence-electron chi connectivity index (χ1n) is 8.53. The summed E-state index contributed by atoms with van der Waals surface area (Å²) in [6.07, 6.45) is 0.0278. The van der Waals surface area contributed by atoms with Crippen LogP contribution in [0.5, 0.6) is 5.75 Å². The van der Waals surface area contributed by atoms with Crippen molar-refractivity contribution in [3.63, 3.8) is 0 Å². The molecule has 3 rings (SSSR count). The number of carbonyl (C=O) groups excluding carboxylic acids is 2.